The van der Waals surface area contributed by atoms with E-state index in [2.05, 4.69) is 34.0 Å². The Bertz CT molecular complexity index is 1060. The first-order valence-corrected chi connectivity index (χ1v) is 13.4. The summed E-state index contributed by atoms with van der Waals surface area (Å²) in [6.07, 6.45) is 6.68. The van der Waals surface area contributed by atoms with Gasteiger partial charge < -0.3 is 14.7 Å². The van der Waals surface area contributed by atoms with Crippen LogP contribution in [0.1, 0.15) is 43.6 Å². The Labute approximate surface area is 199 Å². The number of nitrogens with one attached hydrogen (secondary N) is 1. The highest BCUT2D eigenvalue weighted by molar-refractivity contribution is 7.88. The van der Waals surface area contributed by atoms with Crippen LogP contribution in [-0.2, 0) is 14.8 Å². The molecule has 33 heavy (non-hydrogen) atoms. The summed E-state index contributed by atoms with van der Waals surface area (Å²) in [5.41, 5.74) is 1.35. The maximum atomic E-state index is 14.7. The maximum Gasteiger partial charge on any atom is 0.209 e. The molecule has 0 bridgehead atoms. The minimum Gasteiger partial charge on any atom is -0.504 e. The lowest BCUT2D eigenvalue weighted by Crippen LogP contribution is -2.48. The lowest BCUT2D eigenvalue weighted by Gasteiger charge is -2.33. The quantitative estimate of drug-likeness (QED) is 0.604. The number of hydrogen-bond donors (Lipinski definition) is 2. The van der Waals surface area contributed by atoms with Gasteiger partial charge in [-0.3, -0.25) is 0 Å². The average molecular weight is 498 g/mol. The predicted octanol–water partition coefficient (Wildman–Crippen LogP) is 3.82. The van der Waals surface area contributed by atoms with E-state index in [4.69, 9.17) is 16.3 Å². The number of nitrogens with zero attached hydrogens (tertiary/aromatic N) is 2. The van der Waals surface area contributed by atoms with Crippen molar-refractivity contribution in [3.8, 4) is 5.75 Å². The Kier molecular flexibility index (Phi) is 7.43. The van der Waals surface area contributed by atoms with E-state index in [1.54, 1.807) is 4.90 Å². The van der Waals surface area contributed by atoms with Gasteiger partial charge in [0.15, 0.2) is 11.6 Å². The summed E-state index contributed by atoms with van der Waals surface area (Å²) in [6, 6.07) is 9.53. The number of rotatable bonds is 7. The molecule has 1 aliphatic heterocycles. The highest BCUT2D eigenvalue weighted by Gasteiger charge is 2.39. The fourth-order valence-corrected chi connectivity index (χ4v) is 5.86. The topological polar surface area (TPSA) is 91.8 Å². The maximum absolute atomic E-state index is 14.7. The van der Waals surface area contributed by atoms with Crippen LogP contribution in [-0.4, -0.2) is 56.1 Å². The van der Waals surface area contributed by atoms with Crippen LogP contribution in [0.3, 0.4) is 0 Å². The van der Waals surface area contributed by atoms with Gasteiger partial charge in [0, 0.05) is 12.6 Å². The molecule has 2 N–H and O–H groups in total. The van der Waals surface area contributed by atoms with Gasteiger partial charge in [0.05, 0.1) is 31.2 Å². The minimum absolute atomic E-state index is 0.0581. The molecule has 0 amide bonds. The average Bonchev–Trinajstić information content (AvgIpc) is 3.17. The number of benzene rings is 1. The Hall–Kier alpha value is -1.94. The molecule has 10 heteroatoms. The molecule has 1 saturated carbocycles. The Morgan fingerprint density at radius 2 is 1.91 bits per heavy atom. The third-order valence-electron chi connectivity index (χ3n) is 6.56. The Morgan fingerprint density at radius 3 is 2.58 bits per heavy atom. The number of sulfonamides is 1. The molecule has 180 valence electrons. The van der Waals surface area contributed by atoms with Crippen molar-refractivity contribution in [3.05, 3.63) is 52.9 Å². The van der Waals surface area contributed by atoms with E-state index < -0.39 is 33.7 Å². The molecule has 0 radical (unpaired) electrons. The Morgan fingerprint density at radius 1 is 1.21 bits per heavy atom. The molecule has 2 aliphatic rings. The molecule has 2 atom stereocenters. The molecule has 4 rings (SSSR count). The smallest absolute Gasteiger partial charge is 0.209 e. The number of anilines is 1. The largest absolute Gasteiger partial charge is 0.504 e. The zero-order valence-corrected chi connectivity index (χ0v) is 20.0. The van der Waals surface area contributed by atoms with Crippen LogP contribution in [0.15, 0.2) is 36.5 Å². The van der Waals surface area contributed by atoms with Gasteiger partial charge in [-0.05, 0) is 43.6 Å². The van der Waals surface area contributed by atoms with Crippen molar-refractivity contribution in [2.75, 3.05) is 24.3 Å². The molecule has 0 unspecified atom stereocenters. The number of pyridine rings is 1. The fourth-order valence-electron chi connectivity index (χ4n) is 4.90. The predicted molar refractivity (Wildman–Crippen MR) is 126 cm³/mol. The second-order valence-electron chi connectivity index (χ2n) is 8.86. The van der Waals surface area contributed by atoms with Gasteiger partial charge in [0.25, 0.3) is 0 Å². The molecule has 2 fully saturated rings. The standard InChI is InChI=1S/C23H29ClFN3O4S/c1-33(30,31)27-19-11-12-28(23-21(25)22(29)18(24)13-26-23)20(19)14-32-17-9-7-16(8-10-17)15-5-3-2-4-6-15/h2-6,13,16-17,19-20,27H,7-12,14H2,1H3,(H,26,29)/t16-,17+,19-,20-/m0/s1. The van der Waals surface area contributed by atoms with Crippen molar-refractivity contribution in [1.82, 2.24) is 9.71 Å². The van der Waals surface area contributed by atoms with E-state index in [1.807, 2.05) is 6.07 Å². The number of hydrogen-bond acceptors (Lipinski definition) is 6. The van der Waals surface area contributed by atoms with Gasteiger partial charge in [-0.25, -0.2) is 18.1 Å². The van der Waals surface area contributed by atoms with Gasteiger partial charge in [-0.2, -0.15) is 4.39 Å². The van der Waals surface area contributed by atoms with E-state index in [9.17, 15) is 17.9 Å². The third kappa shape index (κ3) is 5.77. The van der Waals surface area contributed by atoms with Crippen LogP contribution >= 0.6 is 11.6 Å². The van der Waals surface area contributed by atoms with E-state index in [1.165, 1.54) is 11.8 Å². The first-order chi connectivity index (χ1) is 15.7. The van der Waals surface area contributed by atoms with Gasteiger partial charge in [0.1, 0.15) is 5.02 Å². The molecule has 1 aliphatic carbocycles. The highest BCUT2D eigenvalue weighted by Crippen LogP contribution is 2.36. The zero-order valence-electron chi connectivity index (χ0n) is 18.5. The number of halogens is 2. The first kappa shape index (κ1) is 24.2. The van der Waals surface area contributed by atoms with Crippen LogP contribution in [0.4, 0.5) is 10.2 Å². The van der Waals surface area contributed by atoms with Crippen molar-refractivity contribution in [2.45, 2.75) is 56.2 Å². The summed E-state index contributed by atoms with van der Waals surface area (Å²) in [5.74, 6) is -1.13. The molecule has 7 nitrogen and oxygen atoms in total. The summed E-state index contributed by atoms with van der Waals surface area (Å²) >= 11 is 5.78. The molecular weight excluding hydrogens is 469 g/mol. The summed E-state index contributed by atoms with van der Waals surface area (Å²) in [7, 11) is -3.47. The molecule has 0 spiro atoms. The van der Waals surface area contributed by atoms with Crippen LogP contribution in [0, 0.1) is 5.82 Å². The number of aromatic nitrogens is 1. The monoisotopic (exact) mass is 497 g/mol. The van der Waals surface area contributed by atoms with Crippen molar-refractivity contribution < 1.29 is 22.7 Å². The van der Waals surface area contributed by atoms with Crippen molar-refractivity contribution >= 4 is 27.4 Å². The number of aromatic hydroxyl groups is 1. The summed E-state index contributed by atoms with van der Waals surface area (Å²) in [4.78, 5) is 5.72. The van der Waals surface area contributed by atoms with Gasteiger partial charge >= 0.3 is 0 Å². The normalized spacial score (nSPS) is 26.0. The van der Waals surface area contributed by atoms with Crippen molar-refractivity contribution in [1.29, 1.82) is 0 Å². The summed E-state index contributed by atoms with van der Waals surface area (Å²) < 4.78 is 47.4. The van der Waals surface area contributed by atoms with E-state index in [0.717, 1.165) is 31.9 Å². The van der Waals surface area contributed by atoms with Gasteiger partial charge in [-0.1, -0.05) is 41.9 Å². The molecule has 2 heterocycles. The van der Waals surface area contributed by atoms with E-state index >= 15 is 0 Å². The summed E-state index contributed by atoms with van der Waals surface area (Å²) in [6.45, 7) is 0.589. The van der Waals surface area contributed by atoms with E-state index in [0.29, 0.717) is 18.9 Å². The van der Waals surface area contributed by atoms with Crippen LogP contribution < -0.4 is 9.62 Å². The summed E-state index contributed by atoms with van der Waals surface area (Å²) in [5, 5.41) is 9.75. The van der Waals surface area contributed by atoms with Gasteiger partial charge in [0.2, 0.25) is 15.8 Å². The second-order valence-corrected chi connectivity index (χ2v) is 11.0. The van der Waals surface area contributed by atoms with E-state index in [-0.39, 0.29) is 23.6 Å². The minimum atomic E-state index is -3.47. The zero-order chi connectivity index (χ0) is 23.6. The lowest BCUT2D eigenvalue weighted by atomic mass is 9.83. The van der Waals surface area contributed by atoms with Crippen molar-refractivity contribution in [3.63, 3.8) is 0 Å². The molecule has 2 aromatic rings. The molecule has 1 aromatic carbocycles. The highest BCUT2D eigenvalue weighted by atomic mass is 35.5. The van der Waals surface area contributed by atoms with Crippen LogP contribution in [0.25, 0.3) is 0 Å². The SMILES string of the molecule is CS(=O)(=O)N[C@H]1CCN(c2ncc(Cl)c(O)c2F)[C@H]1CO[C@H]1CC[C@@H](c2ccccc2)CC1. The van der Waals surface area contributed by atoms with Gasteiger partial charge in [-0.15, -0.1) is 0 Å². The fraction of sp³-hybridized carbons (Fsp3) is 0.522. The number of ether oxygens (including phenoxy) is 1. The lowest BCUT2D eigenvalue weighted by molar-refractivity contribution is 0.0155. The molecule has 1 saturated heterocycles. The molecule has 1 aromatic heterocycles. The van der Waals surface area contributed by atoms with Crippen molar-refractivity contribution in [2.24, 2.45) is 0 Å². The van der Waals surface area contributed by atoms with Crippen LogP contribution in [0.2, 0.25) is 5.02 Å². The third-order valence-corrected chi connectivity index (χ3v) is 7.57. The first-order valence-electron chi connectivity index (χ1n) is 11.2. The van der Waals surface area contributed by atoms with Crippen LogP contribution in [0.5, 0.6) is 5.75 Å². The molecular formula is C23H29ClFN3O4S. The Balaban J connectivity index is 1.44. The second kappa shape index (κ2) is 10.1.